The summed E-state index contributed by atoms with van der Waals surface area (Å²) in [6.45, 7) is 0. The predicted octanol–water partition coefficient (Wildman–Crippen LogP) is 1.75. The van der Waals surface area contributed by atoms with Crippen LogP contribution in [0.4, 0.5) is 0 Å². The highest BCUT2D eigenvalue weighted by Gasteiger charge is 2.32. The summed E-state index contributed by atoms with van der Waals surface area (Å²) in [5, 5.41) is 18.8. The molecule has 1 saturated heterocycles. The van der Waals surface area contributed by atoms with Crippen molar-refractivity contribution in [1.29, 1.82) is 0 Å². The first kappa shape index (κ1) is 18.1. The highest BCUT2D eigenvalue weighted by Crippen LogP contribution is 2.35. The molecule has 1 aliphatic rings. The number of amides is 1. The molecule has 1 heterocycles. The second kappa shape index (κ2) is 8.02. The van der Waals surface area contributed by atoms with Crippen molar-refractivity contribution in [3.05, 3.63) is 22.7 Å². The van der Waals surface area contributed by atoms with Crippen LogP contribution in [0.3, 0.4) is 0 Å². The maximum absolute atomic E-state index is 11.6. The minimum atomic E-state index is -1.05. The number of rotatable bonds is 6. The van der Waals surface area contributed by atoms with Crippen LogP contribution in [0.2, 0.25) is 5.02 Å². The summed E-state index contributed by atoms with van der Waals surface area (Å²) in [4.78, 5) is 22.2. The Morgan fingerprint density at radius 3 is 2.83 bits per heavy atom. The van der Waals surface area contributed by atoms with Crippen molar-refractivity contribution in [1.82, 2.24) is 5.32 Å². The molecule has 0 aromatic heterocycles. The van der Waals surface area contributed by atoms with Gasteiger partial charge in [-0.1, -0.05) is 23.4 Å². The summed E-state index contributed by atoms with van der Waals surface area (Å²) in [5.74, 6) is -0.584. The highest BCUT2D eigenvalue weighted by molar-refractivity contribution is 8.15. The van der Waals surface area contributed by atoms with Gasteiger partial charge in [-0.3, -0.25) is 9.59 Å². The lowest BCUT2D eigenvalue weighted by Crippen LogP contribution is -2.26. The average molecular weight is 372 g/mol. The molecular weight excluding hydrogens is 358 g/mol. The van der Waals surface area contributed by atoms with Crippen molar-refractivity contribution in [2.45, 2.75) is 11.7 Å². The van der Waals surface area contributed by atoms with Crippen molar-refractivity contribution < 1.29 is 24.2 Å². The van der Waals surface area contributed by atoms with Gasteiger partial charge in [-0.2, -0.15) is 5.10 Å². The summed E-state index contributed by atoms with van der Waals surface area (Å²) in [6, 6.07) is 3.29. The first-order valence-corrected chi connectivity index (χ1v) is 7.92. The van der Waals surface area contributed by atoms with Gasteiger partial charge in [0, 0.05) is 5.56 Å². The Kier molecular flexibility index (Phi) is 6.04. The van der Waals surface area contributed by atoms with Gasteiger partial charge in [0.1, 0.15) is 5.25 Å². The Bertz CT molecular complexity index is 723. The predicted molar refractivity (Wildman–Crippen MR) is 91.4 cm³/mol. The molecule has 24 heavy (non-hydrogen) atoms. The van der Waals surface area contributed by atoms with E-state index in [4.69, 9.17) is 26.2 Å². The molecule has 1 atom stereocenters. The first-order valence-electron chi connectivity index (χ1n) is 6.66. The lowest BCUT2D eigenvalue weighted by Gasteiger charge is -2.09. The molecule has 1 amide bonds. The number of ether oxygens (including phenoxy) is 2. The van der Waals surface area contributed by atoms with Gasteiger partial charge >= 0.3 is 5.97 Å². The van der Waals surface area contributed by atoms with Gasteiger partial charge in [0.15, 0.2) is 16.7 Å². The standard InChI is InChI=1S/C14H14ClN3O5S/c1-22-9-4-7(3-8(15)12(9)23-2)6-16-18-14-17-13(21)10(24-14)5-11(19)20/h3-4,6,10H,5H2,1-2H3,(H,19,20)(H,17,18,21)/b16-6-/t10-/m0/s1. The summed E-state index contributed by atoms with van der Waals surface area (Å²) in [5.41, 5.74) is 0.624. The van der Waals surface area contributed by atoms with E-state index >= 15 is 0 Å². The molecule has 128 valence electrons. The quantitative estimate of drug-likeness (QED) is 0.582. The topological polar surface area (TPSA) is 110 Å². The van der Waals surface area contributed by atoms with Gasteiger partial charge in [-0.15, -0.1) is 5.10 Å². The lowest BCUT2D eigenvalue weighted by atomic mass is 10.2. The Hall–Kier alpha value is -2.26. The normalized spacial score (nSPS) is 18.9. The Morgan fingerprint density at radius 2 is 2.21 bits per heavy atom. The van der Waals surface area contributed by atoms with Crippen molar-refractivity contribution >= 4 is 46.6 Å². The molecule has 0 radical (unpaired) electrons. The summed E-state index contributed by atoms with van der Waals surface area (Å²) in [7, 11) is 2.97. The van der Waals surface area contributed by atoms with E-state index in [1.807, 2.05) is 0 Å². The first-order chi connectivity index (χ1) is 11.4. The fourth-order valence-electron chi connectivity index (χ4n) is 1.91. The molecule has 0 spiro atoms. The number of methoxy groups -OCH3 is 2. The molecule has 0 aliphatic carbocycles. The molecule has 1 fully saturated rings. The zero-order valence-electron chi connectivity index (χ0n) is 12.8. The summed E-state index contributed by atoms with van der Waals surface area (Å²) >= 11 is 7.11. The molecule has 1 aromatic carbocycles. The van der Waals surface area contributed by atoms with Crippen LogP contribution >= 0.6 is 23.4 Å². The van der Waals surface area contributed by atoms with Gasteiger partial charge in [-0.05, 0) is 12.1 Å². The van der Waals surface area contributed by atoms with E-state index in [9.17, 15) is 9.59 Å². The second-order valence-corrected chi connectivity index (χ2v) is 6.18. The largest absolute Gasteiger partial charge is 0.493 e. The van der Waals surface area contributed by atoms with Gasteiger partial charge in [-0.25, -0.2) is 0 Å². The lowest BCUT2D eigenvalue weighted by molar-refractivity contribution is -0.138. The van der Waals surface area contributed by atoms with Gasteiger partial charge in [0.05, 0.1) is 31.9 Å². The van der Waals surface area contributed by atoms with E-state index in [0.29, 0.717) is 22.1 Å². The Morgan fingerprint density at radius 1 is 1.46 bits per heavy atom. The third-order valence-corrected chi connectivity index (χ3v) is 4.30. The van der Waals surface area contributed by atoms with Crippen molar-refractivity contribution in [2.24, 2.45) is 10.2 Å². The third kappa shape index (κ3) is 4.39. The van der Waals surface area contributed by atoms with E-state index < -0.39 is 17.1 Å². The van der Waals surface area contributed by atoms with Crippen LogP contribution in [0, 0.1) is 0 Å². The fourth-order valence-corrected chi connectivity index (χ4v) is 3.12. The molecule has 8 nitrogen and oxygen atoms in total. The number of halogens is 1. The fraction of sp³-hybridized carbons (Fsp3) is 0.286. The van der Waals surface area contributed by atoms with Crippen LogP contribution in [-0.2, 0) is 9.59 Å². The molecule has 1 aromatic rings. The number of nitrogens with zero attached hydrogens (tertiary/aromatic N) is 2. The number of benzene rings is 1. The molecule has 0 bridgehead atoms. The average Bonchev–Trinajstić information content (AvgIpc) is 2.85. The number of nitrogens with one attached hydrogen (secondary N) is 1. The summed E-state index contributed by atoms with van der Waals surface area (Å²) < 4.78 is 10.3. The van der Waals surface area contributed by atoms with Crippen molar-refractivity contribution in [3.8, 4) is 11.5 Å². The van der Waals surface area contributed by atoms with E-state index in [0.717, 1.165) is 11.8 Å². The van der Waals surface area contributed by atoms with Crippen LogP contribution < -0.4 is 14.8 Å². The molecule has 0 saturated carbocycles. The van der Waals surface area contributed by atoms with Crippen molar-refractivity contribution in [3.63, 3.8) is 0 Å². The number of aliphatic carboxylic acids is 1. The number of carbonyl (C=O) groups is 2. The smallest absolute Gasteiger partial charge is 0.305 e. The van der Waals surface area contributed by atoms with Crippen LogP contribution in [0.15, 0.2) is 22.3 Å². The van der Waals surface area contributed by atoms with Crippen LogP contribution in [-0.4, -0.2) is 47.8 Å². The molecule has 2 rings (SSSR count). The van der Waals surface area contributed by atoms with Gasteiger partial charge < -0.3 is 19.9 Å². The van der Waals surface area contributed by atoms with E-state index in [2.05, 4.69) is 15.5 Å². The monoisotopic (exact) mass is 371 g/mol. The molecule has 2 N–H and O–H groups in total. The maximum atomic E-state index is 11.6. The van der Waals surface area contributed by atoms with Crippen LogP contribution in [0.5, 0.6) is 11.5 Å². The van der Waals surface area contributed by atoms with E-state index in [1.165, 1.54) is 20.4 Å². The van der Waals surface area contributed by atoms with Gasteiger partial charge in [0.25, 0.3) is 0 Å². The number of thioether (sulfide) groups is 1. The number of carboxylic acid groups (broad SMARTS) is 1. The van der Waals surface area contributed by atoms with Crippen molar-refractivity contribution in [2.75, 3.05) is 14.2 Å². The number of carbonyl (C=O) groups excluding carboxylic acids is 1. The molecular formula is C14H14ClN3O5S. The van der Waals surface area contributed by atoms with Gasteiger partial charge in [0.2, 0.25) is 5.91 Å². The third-order valence-electron chi connectivity index (χ3n) is 2.95. The molecule has 10 heteroatoms. The second-order valence-electron chi connectivity index (χ2n) is 4.58. The zero-order valence-corrected chi connectivity index (χ0v) is 14.3. The van der Waals surface area contributed by atoms with Crippen LogP contribution in [0.1, 0.15) is 12.0 Å². The van der Waals surface area contributed by atoms with E-state index in [-0.39, 0.29) is 11.6 Å². The maximum Gasteiger partial charge on any atom is 0.305 e. The number of hydrogen-bond acceptors (Lipinski definition) is 7. The molecule has 1 aliphatic heterocycles. The molecule has 0 unspecified atom stereocenters. The van der Waals surface area contributed by atoms with Crippen LogP contribution in [0.25, 0.3) is 0 Å². The number of carboxylic acids is 1. The Labute approximate surface area is 146 Å². The minimum Gasteiger partial charge on any atom is -0.493 e. The highest BCUT2D eigenvalue weighted by atomic mass is 35.5. The number of hydrogen-bond donors (Lipinski definition) is 2. The number of amidine groups is 1. The Balaban J connectivity index is 2.10. The SMILES string of the molecule is COc1cc(/C=N\N=C2\NC(=O)[C@H](CC(=O)O)S2)cc(Cl)c1OC. The summed E-state index contributed by atoms with van der Waals surface area (Å²) in [6.07, 6.45) is 1.16. The van der Waals surface area contributed by atoms with E-state index in [1.54, 1.807) is 12.1 Å². The zero-order chi connectivity index (χ0) is 17.7. The minimum absolute atomic E-state index is 0.245.